The first-order valence-electron chi connectivity index (χ1n) is 15.5. The summed E-state index contributed by atoms with van der Waals surface area (Å²) in [5.74, 6) is 0.399. The van der Waals surface area contributed by atoms with Crippen molar-refractivity contribution < 1.29 is 37.2 Å². The van der Waals surface area contributed by atoms with Crippen LogP contribution in [0.2, 0.25) is 0 Å². The minimum absolute atomic E-state index is 0.00186. The molecule has 9 nitrogen and oxygen atoms in total. The number of pyridine rings is 1. The van der Waals surface area contributed by atoms with Crippen LogP contribution in [0.15, 0.2) is 24.3 Å². The van der Waals surface area contributed by atoms with Crippen molar-refractivity contribution in [1.82, 2.24) is 19.9 Å². The molecule has 3 fully saturated rings. The Morgan fingerprint density at radius 1 is 1.11 bits per heavy atom. The molecule has 3 aliphatic heterocycles. The Labute approximate surface area is 268 Å². The van der Waals surface area contributed by atoms with Gasteiger partial charge in [0.2, 0.25) is 5.88 Å². The lowest BCUT2D eigenvalue weighted by atomic mass is 9.94. The summed E-state index contributed by atoms with van der Waals surface area (Å²) in [4.78, 5) is 17.2. The minimum Gasteiger partial charge on any atom is -0.508 e. The van der Waals surface area contributed by atoms with E-state index in [4.69, 9.17) is 15.9 Å². The smallest absolute Gasteiger partial charge is 0.319 e. The van der Waals surface area contributed by atoms with Crippen LogP contribution >= 0.6 is 0 Å². The summed E-state index contributed by atoms with van der Waals surface area (Å²) < 4.78 is 72.1. The summed E-state index contributed by atoms with van der Waals surface area (Å²) in [7, 11) is 1.32. The Morgan fingerprint density at radius 2 is 1.91 bits per heavy atom. The van der Waals surface area contributed by atoms with Gasteiger partial charge in [0.05, 0.1) is 24.8 Å². The highest BCUT2D eigenvalue weighted by molar-refractivity contribution is 6.04. The number of phenolic OH excluding ortho intramolecular Hbond substituents is 1. The molecule has 0 amide bonds. The summed E-state index contributed by atoms with van der Waals surface area (Å²) in [5.41, 5.74) is -2.96. The van der Waals surface area contributed by atoms with Crippen molar-refractivity contribution in [3.63, 3.8) is 0 Å². The fourth-order valence-electron chi connectivity index (χ4n) is 7.53. The first-order chi connectivity index (χ1) is 22.6. The van der Waals surface area contributed by atoms with Crippen molar-refractivity contribution >= 4 is 27.5 Å². The molecule has 0 saturated carbocycles. The topological polar surface area (TPSA) is 104 Å². The number of piperidine rings is 1. The largest absolute Gasteiger partial charge is 0.508 e. The predicted octanol–water partition coefficient (Wildman–Crippen LogP) is 5.07. The van der Waals surface area contributed by atoms with E-state index >= 15 is 4.39 Å². The number of terminal acetylenes is 1. The summed E-state index contributed by atoms with van der Waals surface area (Å²) in [6, 6.07) is 4.97. The van der Waals surface area contributed by atoms with Crippen LogP contribution in [0.4, 0.5) is 23.4 Å². The molecule has 246 valence electrons. The van der Waals surface area contributed by atoms with Gasteiger partial charge in [-0.2, -0.15) is 9.97 Å². The Kier molecular flexibility index (Phi) is 7.75. The zero-order chi connectivity index (χ0) is 33.1. The lowest BCUT2D eigenvalue weighted by molar-refractivity contribution is 0.00301. The standard InChI is InChI=1S/C34H33F4N5O4/c1-3-22-24(37)7-6-19-12-21(44)13-23(25(19)22)28-27(38)29-26(31(39-28)46-2)30(42-10-5-9-34(45,16-35)17-42)41-32(40-29)47-18-33-8-4-11-43(33)15-20(36)14-33/h1,6-7,12-13,20,44-45H,4-5,8-11,14-18H2,2H3. The number of nitrogens with zero attached hydrogens (tertiary/aromatic N) is 5. The van der Waals surface area contributed by atoms with E-state index in [-0.39, 0.29) is 82.6 Å². The average Bonchev–Trinajstić information content (AvgIpc) is 3.59. The van der Waals surface area contributed by atoms with E-state index in [9.17, 15) is 23.4 Å². The normalized spacial score (nSPS) is 24.5. The van der Waals surface area contributed by atoms with E-state index in [1.165, 1.54) is 25.3 Å². The number of anilines is 1. The van der Waals surface area contributed by atoms with E-state index < -0.39 is 35.6 Å². The number of phenols is 1. The number of aliphatic hydroxyl groups is 1. The van der Waals surface area contributed by atoms with Gasteiger partial charge in [0.25, 0.3) is 0 Å². The lowest BCUT2D eigenvalue weighted by Crippen LogP contribution is -2.50. The molecule has 0 spiro atoms. The number of aromatic nitrogens is 3. The molecule has 7 rings (SSSR count). The number of hydrogen-bond donors (Lipinski definition) is 2. The van der Waals surface area contributed by atoms with Gasteiger partial charge in [0.15, 0.2) is 5.82 Å². The number of aromatic hydroxyl groups is 1. The molecule has 0 radical (unpaired) electrons. The Balaban J connectivity index is 1.44. The number of β-amino-alcohol motifs (C(OH)–C–C–N with tert-alkyl or cyclic N) is 1. The van der Waals surface area contributed by atoms with Gasteiger partial charge in [0, 0.05) is 30.5 Å². The van der Waals surface area contributed by atoms with Crippen molar-refractivity contribution in [3.05, 3.63) is 41.5 Å². The third-order valence-electron chi connectivity index (χ3n) is 9.69. The van der Waals surface area contributed by atoms with Crippen LogP contribution in [0, 0.1) is 24.0 Å². The van der Waals surface area contributed by atoms with Crippen molar-refractivity contribution in [2.24, 2.45) is 0 Å². The molecular formula is C34H33F4N5O4. The second-order valence-corrected chi connectivity index (χ2v) is 12.7. The quantitative estimate of drug-likeness (QED) is 0.209. The van der Waals surface area contributed by atoms with Crippen molar-refractivity contribution in [2.45, 2.75) is 49.4 Å². The van der Waals surface area contributed by atoms with Crippen LogP contribution in [-0.4, -0.2) is 93.9 Å². The predicted molar refractivity (Wildman–Crippen MR) is 167 cm³/mol. The molecule has 47 heavy (non-hydrogen) atoms. The fraction of sp³-hybridized carbons (Fsp3) is 0.441. The number of benzene rings is 2. The molecule has 5 heterocycles. The Morgan fingerprint density at radius 3 is 2.68 bits per heavy atom. The highest BCUT2D eigenvalue weighted by Crippen LogP contribution is 2.44. The molecule has 3 unspecified atom stereocenters. The second-order valence-electron chi connectivity index (χ2n) is 12.7. The molecule has 2 aromatic carbocycles. The number of hydrogen-bond acceptors (Lipinski definition) is 9. The third-order valence-corrected chi connectivity index (χ3v) is 9.69. The van der Waals surface area contributed by atoms with Crippen molar-refractivity contribution in [3.8, 4) is 41.2 Å². The monoisotopic (exact) mass is 651 g/mol. The molecular weight excluding hydrogens is 618 g/mol. The Hall–Kier alpha value is -4.41. The van der Waals surface area contributed by atoms with Crippen LogP contribution < -0.4 is 14.4 Å². The van der Waals surface area contributed by atoms with Gasteiger partial charge in [-0.15, -0.1) is 6.42 Å². The summed E-state index contributed by atoms with van der Waals surface area (Å²) >= 11 is 0. The molecule has 3 saturated heterocycles. The minimum atomic E-state index is -1.66. The first-order valence-corrected chi connectivity index (χ1v) is 15.5. The molecule has 0 aliphatic carbocycles. The van der Waals surface area contributed by atoms with Crippen LogP contribution in [0.25, 0.3) is 32.9 Å². The van der Waals surface area contributed by atoms with Crippen LogP contribution in [0.5, 0.6) is 17.6 Å². The Bertz CT molecular complexity index is 1940. The second kappa shape index (κ2) is 11.7. The maximum atomic E-state index is 16.9. The number of methoxy groups -OCH3 is 1. The molecule has 2 aromatic heterocycles. The summed E-state index contributed by atoms with van der Waals surface area (Å²) in [5, 5.41) is 22.0. The van der Waals surface area contributed by atoms with E-state index in [1.807, 2.05) is 0 Å². The van der Waals surface area contributed by atoms with Gasteiger partial charge in [-0.05, 0) is 55.8 Å². The van der Waals surface area contributed by atoms with E-state index in [1.54, 1.807) is 4.90 Å². The number of ether oxygens (including phenoxy) is 2. The summed E-state index contributed by atoms with van der Waals surface area (Å²) in [6.07, 6.45) is 7.21. The van der Waals surface area contributed by atoms with Gasteiger partial charge >= 0.3 is 6.01 Å². The van der Waals surface area contributed by atoms with Crippen LogP contribution in [0.1, 0.15) is 37.7 Å². The van der Waals surface area contributed by atoms with Gasteiger partial charge in [-0.1, -0.05) is 12.0 Å². The number of rotatable bonds is 7. The maximum Gasteiger partial charge on any atom is 0.319 e. The molecule has 2 N–H and O–H groups in total. The molecule has 3 aliphatic rings. The lowest BCUT2D eigenvalue weighted by Gasteiger charge is -2.38. The molecule has 13 heteroatoms. The molecule has 3 atom stereocenters. The number of fused-ring (bicyclic) bond motifs is 3. The van der Waals surface area contributed by atoms with Crippen LogP contribution in [0.3, 0.4) is 0 Å². The zero-order valence-corrected chi connectivity index (χ0v) is 25.7. The average molecular weight is 652 g/mol. The number of halogens is 4. The fourth-order valence-corrected chi connectivity index (χ4v) is 7.53. The van der Waals surface area contributed by atoms with Gasteiger partial charge in [-0.3, -0.25) is 4.90 Å². The highest BCUT2D eigenvalue weighted by Gasteiger charge is 2.49. The van der Waals surface area contributed by atoms with E-state index in [0.29, 0.717) is 24.9 Å². The van der Waals surface area contributed by atoms with Gasteiger partial charge in [-0.25, -0.2) is 22.5 Å². The zero-order valence-electron chi connectivity index (χ0n) is 25.7. The van der Waals surface area contributed by atoms with Crippen LogP contribution in [-0.2, 0) is 0 Å². The van der Waals surface area contributed by atoms with E-state index in [0.717, 1.165) is 25.5 Å². The SMILES string of the molecule is C#Cc1c(F)ccc2cc(O)cc(-c3nc(OC)c4c(N5CCCC(O)(CF)C5)nc(OCC56CCCN5CC(F)C6)nc4c3F)c12. The van der Waals surface area contributed by atoms with E-state index in [2.05, 4.69) is 25.8 Å². The van der Waals surface area contributed by atoms with Gasteiger partial charge < -0.3 is 24.6 Å². The van der Waals surface area contributed by atoms with Crippen molar-refractivity contribution in [1.29, 1.82) is 0 Å². The van der Waals surface area contributed by atoms with Crippen molar-refractivity contribution in [2.75, 3.05) is 51.5 Å². The summed E-state index contributed by atoms with van der Waals surface area (Å²) in [6.45, 7) is 0.315. The first kappa shape index (κ1) is 31.2. The van der Waals surface area contributed by atoms with Gasteiger partial charge in [0.1, 0.15) is 59.0 Å². The third kappa shape index (κ3) is 5.23. The molecule has 4 aromatic rings. The highest BCUT2D eigenvalue weighted by atomic mass is 19.1. The number of alkyl halides is 2. The maximum absolute atomic E-state index is 16.9. The molecule has 0 bridgehead atoms.